The molecule has 1 heterocycles. The van der Waals surface area contributed by atoms with Crippen molar-refractivity contribution in [2.24, 2.45) is 11.8 Å². The van der Waals surface area contributed by atoms with Gasteiger partial charge < -0.3 is 15.2 Å². The summed E-state index contributed by atoms with van der Waals surface area (Å²) >= 11 is 0. The molecule has 21 heavy (non-hydrogen) atoms. The molecular formula is C17H34N2O2. The van der Waals surface area contributed by atoms with Crippen LogP contribution in [-0.4, -0.2) is 61.0 Å². The highest BCUT2D eigenvalue weighted by Gasteiger charge is 2.28. The third-order valence-corrected chi connectivity index (χ3v) is 5.15. The Morgan fingerprint density at radius 2 is 1.81 bits per heavy atom. The Balaban J connectivity index is 1.67. The quantitative estimate of drug-likeness (QED) is 0.786. The summed E-state index contributed by atoms with van der Waals surface area (Å²) in [7, 11) is 0. The van der Waals surface area contributed by atoms with Crippen LogP contribution in [-0.2, 0) is 4.74 Å². The van der Waals surface area contributed by atoms with E-state index in [2.05, 4.69) is 24.1 Å². The lowest BCUT2D eigenvalue weighted by atomic mass is 9.79. The second kappa shape index (κ2) is 7.91. The summed E-state index contributed by atoms with van der Waals surface area (Å²) in [6, 6.07) is 0.594. The topological polar surface area (TPSA) is 44.7 Å². The van der Waals surface area contributed by atoms with Crippen LogP contribution >= 0.6 is 0 Å². The summed E-state index contributed by atoms with van der Waals surface area (Å²) in [6.07, 6.45) is 5.19. The van der Waals surface area contributed by atoms with Gasteiger partial charge >= 0.3 is 0 Å². The van der Waals surface area contributed by atoms with Gasteiger partial charge in [0.1, 0.15) is 0 Å². The maximum absolute atomic E-state index is 10.6. The van der Waals surface area contributed by atoms with Crippen molar-refractivity contribution in [1.29, 1.82) is 0 Å². The molecule has 1 saturated heterocycles. The number of hydrogen-bond acceptors (Lipinski definition) is 4. The van der Waals surface area contributed by atoms with Crippen molar-refractivity contribution in [2.45, 2.75) is 58.1 Å². The Bertz CT molecular complexity index is 293. The molecular weight excluding hydrogens is 264 g/mol. The average Bonchev–Trinajstić information content (AvgIpc) is 2.46. The minimum absolute atomic E-state index is 0.594. The first-order chi connectivity index (χ1) is 9.96. The van der Waals surface area contributed by atoms with Crippen molar-refractivity contribution in [2.75, 3.05) is 39.4 Å². The second-order valence-electron chi connectivity index (χ2n) is 7.62. The lowest BCUT2D eigenvalue weighted by Crippen LogP contribution is -2.52. The molecule has 1 saturated carbocycles. The van der Waals surface area contributed by atoms with E-state index in [1.165, 1.54) is 25.7 Å². The summed E-state index contributed by atoms with van der Waals surface area (Å²) in [6.45, 7) is 11.5. The molecule has 2 N–H and O–H groups in total. The normalized spacial score (nSPS) is 31.3. The number of β-amino-alcohol motifs (C(OH)–C–C–N with tert-alkyl or cyclic N) is 1. The molecule has 2 fully saturated rings. The fourth-order valence-corrected chi connectivity index (χ4v) is 3.65. The maximum atomic E-state index is 10.6. The summed E-state index contributed by atoms with van der Waals surface area (Å²) in [5.74, 6) is 1.72. The van der Waals surface area contributed by atoms with Crippen molar-refractivity contribution in [3.05, 3.63) is 0 Å². The largest absolute Gasteiger partial charge is 0.388 e. The molecule has 2 aliphatic rings. The molecule has 124 valence electrons. The Labute approximate surface area is 130 Å². The van der Waals surface area contributed by atoms with E-state index in [1.54, 1.807) is 0 Å². The molecule has 0 aromatic carbocycles. The molecule has 0 aromatic rings. The second-order valence-corrected chi connectivity index (χ2v) is 7.62. The molecule has 0 bridgehead atoms. The predicted octanol–water partition coefficient (Wildman–Crippen LogP) is 1.87. The highest BCUT2D eigenvalue weighted by atomic mass is 16.5. The van der Waals surface area contributed by atoms with Crippen molar-refractivity contribution in [1.82, 2.24) is 10.2 Å². The van der Waals surface area contributed by atoms with Crippen LogP contribution in [0, 0.1) is 11.8 Å². The Kier molecular flexibility index (Phi) is 6.48. The van der Waals surface area contributed by atoms with E-state index in [9.17, 15) is 5.11 Å². The van der Waals surface area contributed by atoms with Gasteiger partial charge in [-0.15, -0.1) is 0 Å². The third kappa shape index (κ3) is 5.85. The van der Waals surface area contributed by atoms with Crippen molar-refractivity contribution in [3.8, 4) is 0 Å². The fourth-order valence-electron chi connectivity index (χ4n) is 3.65. The van der Waals surface area contributed by atoms with Gasteiger partial charge in [0.15, 0.2) is 0 Å². The highest BCUT2D eigenvalue weighted by Crippen LogP contribution is 2.29. The molecule has 1 aliphatic heterocycles. The molecule has 1 atom stereocenters. The van der Waals surface area contributed by atoms with Crippen LogP contribution in [0.15, 0.2) is 0 Å². The van der Waals surface area contributed by atoms with E-state index in [0.717, 1.165) is 44.7 Å². The SMILES string of the molecule is CC(C)C1CCC(NCC(C)(O)CN2CCOCC2)CC1. The van der Waals surface area contributed by atoms with Crippen LogP contribution in [0.4, 0.5) is 0 Å². The van der Waals surface area contributed by atoms with Crippen LogP contribution in [0.1, 0.15) is 46.5 Å². The Hall–Kier alpha value is -0.160. The zero-order chi connectivity index (χ0) is 15.3. The first-order valence-electron chi connectivity index (χ1n) is 8.72. The lowest BCUT2D eigenvalue weighted by molar-refractivity contribution is -0.0235. The Morgan fingerprint density at radius 1 is 1.19 bits per heavy atom. The molecule has 1 unspecified atom stereocenters. The van der Waals surface area contributed by atoms with Crippen LogP contribution in [0.2, 0.25) is 0 Å². The van der Waals surface area contributed by atoms with E-state index >= 15 is 0 Å². The van der Waals surface area contributed by atoms with Gasteiger partial charge in [0.25, 0.3) is 0 Å². The molecule has 2 rings (SSSR count). The first-order valence-corrected chi connectivity index (χ1v) is 8.72. The number of morpholine rings is 1. The van der Waals surface area contributed by atoms with Crippen molar-refractivity contribution in [3.63, 3.8) is 0 Å². The molecule has 0 aromatic heterocycles. The predicted molar refractivity (Wildman–Crippen MR) is 86.5 cm³/mol. The van der Waals surface area contributed by atoms with Gasteiger partial charge in [-0.1, -0.05) is 13.8 Å². The van der Waals surface area contributed by atoms with Crippen molar-refractivity contribution < 1.29 is 9.84 Å². The molecule has 4 heteroatoms. The highest BCUT2D eigenvalue weighted by molar-refractivity contribution is 4.85. The van der Waals surface area contributed by atoms with Gasteiger partial charge in [0.2, 0.25) is 0 Å². The van der Waals surface area contributed by atoms with Crippen LogP contribution in [0.3, 0.4) is 0 Å². The fraction of sp³-hybridized carbons (Fsp3) is 1.00. The van der Waals surface area contributed by atoms with Gasteiger partial charge in [-0.3, -0.25) is 4.90 Å². The number of ether oxygens (including phenoxy) is 1. The van der Waals surface area contributed by atoms with Crippen LogP contribution < -0.4 is 5.32 Å². The zero-order valence-electron chi connectivity index (χ0n) is 14.1. The summed E-state index contributed by atoms with van der Waals surface area (Å²) < 4.78 is 5.36. The van der Waals surface area contributed by atoms with E-state index in [0.29, 0.717) is 12.6 Å². The number of rotatable bonds is 6. The minimum Gasteiger partial charge on any atom is -0.388 e. The van der Waals surface area contributed by atoms with Gasteiger partial charge in [0, 0.05) is 32.2 Å². The van der Waals surface area contributed by atoms with Gasteiger partial charge in [-0.2, -0.15) is 0 Å². The Morgan fingerprint density at radius 3 is 2.38 bits per heavy atom. The molecule has 0 radical (unpaired) electrons. The standard InChI is InChI=1S/C17H34N2O2/c1-14(2)15-4-6-16(7-5-15)18-12-17(3,20)13-19-8-10-21-11-9-19/h14-16,18,20H,4-13H2,1-3H3. The summed E-state index contributed by atoms with van der Waals surface area (Å²) in [5, 5.41) is 14.2. The van der Waals surface area contributed by atoms with E-state index < -0.39 is 5.60 Å². The number of aliphatic hydroxyl groups is 1. The first kappa shape index (κ1) is 17.2. The lowest BCUT2D eigenvalue weighted by Gasteiger charge is -2.36. The van der Waals surface area contributed by atoms with Gasteiger partial charge in [-0.25, -0.2) is 0 Å². The number of nitrogens with one attached hydrogen (secondary N) is 1. The summed E-state index contributed by atoms with van der Waals surface area (Å²) in [4.78, 5) is 2.31. The smallest absolute Gasteiger partial charge is 0.0869 e. The third-order valence-electron chi connectivity index (χ3n) is 5.15. The number of nitrogens with zero attached hydrogens (tertiary/aromatic N) is 1. The van der Waals surface area contributed by atoms with Gasteiger partial charge in [0.05, 0.1) is 18.8 Å². The monoisotopic (exact) mass is 298 g/mol. The molecule has 1 aliphatic carbocycles. The van der Waals surface area contributed by atoms with E-state index in [4.69, 9.17) is 4.74 Å². The van der Waals surface area contributed by atoms with Crippen LogP contribution in [0.25, 0.3) is 0 Å². The van der Waals surface area contributed by atoms with Crippen LogP contribution in [0.5, 0.6) is 0 Å². The molecule has 0 amide bonds. The maximum Gasteiger partial charge on any atom is 0.0869 e. The van der Waals surface area contributed by atoms with E-state index in [1.807, 2.05) is 6.92 Å². The number of hydrogen-bond donors (Lipinski definition) is 2. The van der Waals surface area contributed by atoms with Gasteiger partial charge in [-0.05, 0) is 44.4 Å². The minimum atomic E-state index is -0.647. The zero-order valence-corrected chi connectivity index (χ0v) is 14.1. The molecule has 0 spiro atoms. The average molecular weight is 298 g/mol. The van der Waals surface area contributed by atoms with E-state index in [-0.39, 0.29) is 0 Å². The summed E-state index contributed by atoms with van der Waals surface area (Å²) in [5.41, 5.74) is -0.647. The van der Waals surface area contributed by atoms with Crippen molar-refractivity contribution >= 4 is 0 Å². The molecule has 4 nitrogen and oxygen atoms in total.